The Hall–Kier alpha value is -2.21. The van der Waals surface area contributed by atoms with Gasteiger partial charge in [0.05, 0.1) is 22.5 Å². The van der Waals surface area contributed by atoms with Gasteiger partial charge in [0.2, 0.25) is 21.8 Å². The predicted molar refractivity (Wildman–Crippen MR) is 134 cm³/mol. The van der Waals surface area contributed by atoms with Crippen molar-refractivity contribution in [3.8, 4) is 0 Å². The van der Waals surface area contributed by atoms with Crippen molar-refractivity contribution in [3.05, 3.63) is 62.6 Å². The van der Waals surface area contributed by atoms with Gasteiger partial charge in [-0.3, -0.25) is 13.9 Å². The van der Waals surface area contributed by atoms with E-state index in [4.69, 9.17) is 34.8 Å². The summed E-state index contributed by atoms with van der Waals surface area (Å²) >= 11 is 18.5. The molecule has 0 spiro atoms. The smallest absolute Gasteiger partial charge is 0.357 e. The van der Waals surface area contributed by atoms with E-state index in [1.165, 1.54) is 19.2 Å². The first-order chi connectivity index (χ1) is 16.6. The SMILES string of the molecule is CC[C@H](C(=O)NC)N(Cc1c(Cl)cccc1Cl)C(=O)CN(c1cc(C(F)(F)F)ccc1Cl)S(C)(=O)=O. The van der Waals surface area contributed by atoms with Gasteiger partial charge in [0.25, 0.3) is 0 Å². The molecule has 0 bridgehead atoms. The first-order valence-electron chi connectivity index (χ1n) is 10.4. The summed E-state index contributed by atoms with van der Waals surface area (Å²) in [6.07, 6.45) is -3.93. The number of rotatable bonds is 9. The Morgan fingerprint density at radius 2 is 1.64 bits per heavy atom. The van der Waals surface area contributed by atoms with Gasteiger partial charge in [0.1, 0.15) is 12.6 Å². The maximum Gasteiger partial charge on any atom is 0.416 e. The van der Waals surface area contributed by atoms with E-state index in [1.807, 2.05) is 0 Å². The van der Waals surface area contributed by atoms with Crippen LogP contribution in [0.3, 0.4) is 0 Å². The maximum atomic E-state index is 13.5. The molecule has 14 heteroatoms. The fourth-order valence-electron chi connectivity index (χ4n) is 3.41. The summed E-state index contributed by atoms with van der Waals surface area (Å²) in [7, 11) is -2.93. The molecule has 0 fully saturated rings. The lowest BCUT2D eigenvalue weighted by atomic mass is 10.1. The lowest BCUT2D eigenvalue weighted by Gasteiger charge is -2.33. The second-order valence-corrected chi connectivity index (χ2v) is 10.8. The summed E-state index contributed by atoms with van der Waals surface area (Å²) in [5, 5.41) is 2.52. The quantitative estimate of drug-likeness (QED) is 0.448. The van der Waals surface area contributed by atoms with E-state index >= 15 is 0 Å². The predicted octanol–water partition coefficient (Wildman–Crippen LogP) is 4.99. The number of benzene rings is 2. The topological polar surface area (TPSA) is 86.8 Å². The third kappa shape index (κ3) is 7.18. The molecule has 2 aromatic carbocycles. The molecule has 7 nitrogen and oxygen atoms in total. The summed E-state index contributed by atoms with van der Waals surface area (Å²) in [5.74, 6) is -1.43. The van der Waals surface area contributed by atoms with E-state index in [1.54, 1.807) is 13.0 Å². The first kappa shape index (κ1) is 30.0. The summed E-state index contributed by atoms with van der Waals surface area (Å²) in [6, 6.07) is 5.70. The van der Waals surface area contributed by atoms with Crippen LogP contribution in [-0.2, 0) is 32.3 Å². The van der Waals surface area contributed by atoms with E-state index in [0.29, 0.717) is 22.0 Å². The Morgan fingerprint density at radius 3 is 2.11 bits per heavy atom. The van der Waals surface area contributed by atoms with E-state index < -0.39 is 51.9 Å². The van der Waals surface area contributed by atoms with E-state index in [9.17, 15) is 31.2 Å². The summed E-state index contributed by atoms with van der Waals surface area (Å²) in [6.45, 7) is 0.430. The maximum absolute atomic E-state index is 13.5. The van der Waals surface area contributed by atoms with Crippen LogP contribution in [0.4, 0.5) is 18.9 Å². The average molecular weight is 589 g/mol. The molecule has 0 saturated carbocycles. The van der Waals surface area contributed by atoms with Crippen molar-refractivity contribution >= 4 is 62.3 Å². The van der Waals surface area contributed by atoms with Crippen molar-refractivity contribution in [3.63, 3.8) is 0 Å². The van der Waals surface area contributed by atoms with Crippen LogP contribution in [0.25, 0.3) is 0 Å². The van der Waals surface area contributed by atoms with Gasteiger partial charge in [-0.15, -0.1) is 0 Å². The van der Waals surface area contributed by atoms with Crippen LogP contribution in [0, 0.1) is 0 Å². The van der Waals surface area contributed by atoms with Gasteiger partial charge in [0.15, 0.2) is 0 Å². The first-order valence-corrected chi connectivity index (χ1v) is 13.4. The number of carbonyl (C=O) groups excluding carboxylic acids is 2. The molecular weight excluding hydrogens is 566 g/mol. The second kappa shape index (κ2) is 11.9. The summed E-state index contributed by atoms with van der Waals surface area (Å²) < 4.78 is 65.5. The van der Waals surface area contributed by atoms with Crippen molar-refractivity contribution in [1.29, 1.82) is 0 Å². The minimum atomic E-state index is -4.79. The molecule has 198 valence electrons. The molecule has 0 aromatic heterocycles. The molecule has 0 radical (unpaired) electrons. The van der Waals surface area contributed by atoms with Crippen LogP contribution in [0.15, 0.2) is 36.4 Å². The number of sulfonamides is 1. The van der Waals surface area contributed by atoms with Gasteiger partial charge in [-0.05, 0) is 36.8 Å². The Balaban J connectivity index is 2.59. The lowest BCUT2D eigenvalue weighted by Crippen LogP contribution is -2.51. The molecule has 0 aliphatic carbocycles. The monoisotopic (exact) mass is 587 g/mol. The Morgan fingerprint density at radius 1 is 1.06 bits per heavy atom. The van der Waals surface area contributed by atoms with Crippen LogP contribution in [-0.4, -0.2) is 51.0 Å². The zero-order valence-corrected chi connectivity index (χ0v) is 22.5. The van der Waals surface area contributed by atoms with E-state index in [0.717, 1.165) is 17.2 Å². The van der Waals surface area contributed by atoms with Crippen LogP contribution in [0.2, 0.25) is 15.1 Å². The molecule has 1 N–H and O–H groups in total. The zero-order valence-electron chi connectivity index (χ0n) is 19.4. The number of likely N-dealkylation sites (N-methyl/N-ethyl adjacent to an activating group) is 1. The number of carbonyl (C=O) groups is 2. The van der Waals surface area contributed by atoms with Gasteiger partial charge in [-0.1, -0.05) is 47.8 Å². The summed E-state index contributed by atoms with van der Waals surface area (Å²) in [4.78, 5) is 27.1. The van der Waals surface area contributed by atoms with Crippen LogP contribution < -0.4 is 9.62 Å². The molecule has 0 unspecified atom stereocenters. The Labute approximate surface area is 222 Å². The van der Waals surface area contributed by atoms with Crippen molar-refractivity contribution < 1.29 is 31.2 Å². The molecule has 0 aliphatic heterocycles. The highest BCUT2D eigenvalue weighted by Gasteiger charge is 2.35. The van der Waals surface area contributed by atoms with E-state index in [2.05, 4.69) is 5.32 Å². The van der Waals surface area contributed by atoms with Crippen LogP contribution in [0.5, 0.6) is 0 Å². The number of halogens is 6. The minimum absolute atomic E-state index is 0.136. The molecule has 0 heterocycles. The molecule has 0 saturated heterocycles. The third-order valence-electron chi connectivity index (χ3n) is 5.24. The molecule has 2 amide bonds. The normalized spacial score (nSPS) is 12.7. The van der Waals surface area contributed by atoms with Crippen LogP contribution in [0.1, 0.15) is 24.5 Å². The van der Waals surface area contributed by atoms with Crippen LogP contribution >= 0.6 is 34.8 Å². The van der Waals surface area contributed by atoms with Gasteiger partial charge >= 0.3 is 6.18 Å². The minimum Gasteiger partial charge on any atom is -0.357 e. The zero-order chi connectivity index (χ0) is 27.4. The number of alkyl halides is 3. The average Bonchev–Trinajstić information content (AvgIpc) is 2.77. The molecule has 2 rings (SSSR count). The number of amides is 2. The van der Waals surface area contributed by atoms with Crippen molar-refractivity contribution in [2.75, 3.05) is 24.2 Å². The molecule has 2 aromatic rings. The largest absolute Gasteiger partial charge is 0.416 e. The molecular formula is C22H23Cl3F3N3O4S. The molecule has 0 aliphatic rings. The number of hydrogen-bond donors (Lipinski definition) is 1. The van der Waals surface area contributed by atoms with Gasteiger partial charge < -0.3 is 10.2 Å². The Bertz CT molecular complexity index is 1220. The lowest BCUT2D eigenvalue weighted by molar-refractivity contribution is -0.140. The standard InChI is InChI=1S/C22H23Cl3F3N3O4S/c1-4-18(21(33)29-2)30(11-14-15(23)6-5-7-16(14)24)20(32)12-31(36(3,34)35)19-10-13(22(26,27)28)8-9-17(19)25/h5-10,18H,4,11-12H2,1-3H3,(H,29,33)/t18-/m1/s1. The van der Waals surface area contributed by atoms with Crippen molar-refractivity contribution in [1.82, 2.24) is 10.2 Å². The van der Waals surface area contributed by atoms with E-state index in [-0.39, 0.29) is 28.0 Å². The molecule has 1 atom stereocenters. The van der Waals surface area contributed by atoms with Gasteiger partial charge in [0, 0.05) is 29.2 Å². The third-order valence-corrected chi connectivity index (χ3v) is 7.40. The number of anilines is 1. The van der Waals surface area contributed by atoms with Crippen molar-refractivity contribution in [2.45, 2.75) is 32.1 Å². The number of nitrogens with one attached hydrogen (secondary N) is 1. The fourth-order valence-corrected chi connectivity index (χ4v) is 5.05. The number of hydrogen-bond acceptors (Lipinski definition) is 4. The highest BCUT2D eigenvalue weighted by atomic mass is 35.5. The van der Waals surface area contributed by atoms with Gasteiger partial charge in [-0.2, -0.15) is 13.2 Å². The van der Waals surface area contributed by atoms with Gasteiger partial charge in [-0.25, -0.2) is 8.42 Å². The Kier molecular flexibility index (Phi) is 9.91. The fraction of sp³-hybridized carbons (Fsp3) is 0.364. The summed E-state index contributed by atoms with van der Waals surface area (Å²) in [5.41, 5.74) is -1.38. The number of nitrogens with zero attached hydrogens (tertiary/aromatic N) is 2. The highest BCUT2D eigenvalue weighted by molar-refractivity contribution is 7.92. The highest BCUT2D eigenvalue weighted by Crippen LogP contribution is 2.36. The second-order valence-electron chi connectivity index (χ2n) is 7.69. The molecule has 36 heavy (non-hydrogen) atoms. The van der Waals surface area contributed by atoms with Crippen molar-refractivity contribution in [2.24, 2.45) is 0 Å².